The van der Waals surface area contributed by atoms with E-state index in [1.54, 1.807) is 23.9 Å². The van der Waals surface area contributed by atoms with Gasteiger partial charge >= 0.3 is 0 Å². The van der Waals surface area contributed by atoms with Gasteiger partial charge in [-0.15, -0.1) is 0 Å². The van der Waals surface area contributed by atoms with E-state index in [4.69, 9.17) is 17.3 Å². The molecule has 4 nitrogen and oxygen atoms in total. The zero-order valence-corrected chi connectivity index (χ0v) is 8.95. The first-order valence-electron chi connectivity index (χ1n) is 4.49. The maximum atomic E-state index is 11.6. The summed E-state index contributed by atoms with van der Waals surface area (Å²) in [6, 6.07) is 5.37. The molecule has 1 aromatic carbocycles. The number of aromatic nitrogens is 2. The zero-order chi connectivity index (χ0) is 11.0. The van der Waals surface area contributed by atoms with Gasteiger partial charge in [-0.25, -0.2) is 0 Å². The van der Waals surface area contributed by atoms with E-state index in [2.05, 4.69) is 5.10 Å². The molecule has 0 spiro atoms. The predicted molar refractivity (Wildman–Crippen MR) is 59.1 cm³/mol. The number of hydrogen-bond donors (Lipinski definition) is 1. The average molecular weight is 224 g/mol. The van der Waals surface area contributed by atoms with Gasteiger partial charge in [0.15, 0.2) is 10.9 Å². The summed E-state index contributed by atoms with van der Waals surface area (Å²) in [5, 5.41) is 5.07. The summed E-state index contributed by atoms with van der Waals surface area (Å²) in [5.74, 6) is -0.129. The molecule has 0 atom stereocenters. The summed E-state index contributed by atoms with van der Waals surface area (Å²) >= 11 is 5.96. The van der Waals surface area contributed by atoms with E-state index in [1.807, 2.05) is 6.07 Å². The number of carbonyl (C=O) groups is 1. The molecule has 0 aliphatic carbocycles. The first kappa shape index (κ1) is 10.1. The van der Waals surface area contributed by atoms with E-state index < -0.39 is 0 Å². The number of hydrogen-bond acceptors (Lipinski definition) is 3. The van der Waals surface area contributed by atoms with Crippen molar-refractivity contribution in [2.45, 2.75) is 0 Å². The van der Waals surface area contributed by atoms with Gasteiger partial charge in [-0.1, -0.05) is 23.7 Å². The molecule has 15 heavy (non-hydrogen) atoms. The molecule has 0 saturated heterocycles. The van der Waals surface area contributed by atoms with Gasteiger partial charge in [0, 0.05) is 18.0 Å². The molecule has 0 bridgehead atoms. The first-order valence-corrected chi connectivity index (χ1v) is 4.87. The van der Waals surface area contributed by atoms with Crippen molar-refractivity contribution in [2.24, 2.45) is 12.8 Å². The van der Waals surface area contributed by atoms with Gasteiger partial charge in [0.2, 0.25) is 0 Å². The van der Waals surface area contributed by atoms with E-state index in [0.29, 0.717) is 16.1 Å². The van der Waals surface area contributed by atoms with Crippen LogP contribution in [0.3, 0.4) is 0 Å². The van der Waals surface area contributed by atoms with Crippen LogP contribution in [-0.4, -0.2) is 22.1 Å². The quantitative estimate of drug-likeness (QED) is 0.783. The third-order valence-corrected chi connectivity index (χ3v) is 2.59. The van der Waals surface area contributed by atoms with Crippen LogP contribution in [0.25, 0.3) is 10.9 Å². The molecule has 2 aromatic rings. The number of benzene rings is 1. The topological polar surface area (TPSA) is 60.9 Å². The van der Waals surface area contributed by atoms with E-state index >= 15 is 0 Å². The predicted octanol–water partition coefficient (Wildman–Crippen LogP) is 1.37. The van der Waals surface area contributed by atoms with E-state index in [0.717, 1.165) is 5.52 Å². The molecule has 0 saturated carbocycles. The molecule has 0 unspecified atom stereocenters. The molecule has 0 aliphatic heterocycles. The summed E-state index contributed by atoms with van der Waals surface area (Å²) in [7, 11) is 1.78. The second kappa shape index (κ2) is 3.64. The van der Waals surface area contributed by atoms with Gasteiger partial charge in [-0.2, -0.15) is 5.10 Å². The summed E-state index contributed by atoms with van der Waals surface area (Å²) in [5.41, 5.74) is 6.70. The number of halogens is 1. The smallest absolute Gasteiger partial charge is 0.177 e. The third-order valence-electron chi connectivity index (χ3n) is 2.32. The average Bonchev–Trinajstić information content (AvgIpc) is 2.54. The van der Waals surface area contributed by atoms with Crippen LogP contribution >= 0.6 is 11.6 Å². The molecule has 1 aromatic heterocycles. The Morgan fingerprint density at radius 2 is 2.33 bits per heavy atom. The number of ketones is 1. The molecule has 0 aliphatic rings. The minimum absolute atomic E-state index is 0.0235. The van der Waals surface area contributed by atoms with Crippen molar-refractivity contribution in [2.75, 3.05) is 6.54 Å². The molecule has 1 heterocycles. The minimum atomic E-state index is -0.129. The number of nitrogens with two attached hydrogens (primary N) is 1. The van der Waals surface area contributed by atoms with E-state index in [9.17, 15) is 4.79 Å². The number of carbonyl (C=O) groups excluding carboxylic acids is 1. The molecule has 0 radical (unpaired) electrons. The van der Waals surface area contributed by atoms with Gasteiger partial charge in [0.05, 0.1) is 12.1 Å². The summed E-state index contributed by atoms with van der Waals surface area (Å²) in [4.78, 5) is 11.6. The van der Waals surface area contributed by atoms with Crippen LogP contribution in [0.15, 0.2) is 18.2 Å². The number of aryl methyl sites for hydroxylation is 1. The standard InChI is InChI=1S/C10H10ClN3O/c1-14-7-4-2-3-6(8(15)5-12)9(7)10(11)13-14/h2-4H,5,12H2,1H3. The van der Waals surface area contributed by atoms with Crippen molar-refractivity contribution >= 4 is 28.3 Å². The molecular formula is C10H10ClN3O. The number of fused-ring (bicyclic) bond motifs is 1. The lowest BCUT2D eigenvalue weighted by Gasteiger charge is -2.00. The largest absolute Gasteiger partial charge is 0.324 e. The van der Waals surface area contributed by atoms with Gasteiger partial charge in [0.25, 0.3) is 0 Å². The highest BCUT2D eigenvalue weighted by Gasteiger charge is 2.14. The van der Waals surface area contributed by atoms with Gasteiger partial charge in [-0.3, -0.25) is 9.48 Å². The minimum Gasteiger partial charge on any atom is -0.324 e. The van der Waals surface area contributed by atoms with Crippen molar-refractivity contribution < 1.29 is 4.79 Å². The van der Waals surface area contributed by atoms with Gasteiger partial charge in [-0.05, 0) is 6.07 Å². The molecular weight excluding hydrogens is 214 g/mol. The Labute approximate surface area is 91.6 Å². The van der Waals surface area contributed by atoms with Crippen LogP contribution in [0.5, 0.6) is 0 Å². The number of nitrogens with zero attached hydrogens (tertiary/aromatic N) is 2. The lowest BCUT2D eigenvalue weighted by Crippen LogP contribution is -2.13. The van der Waals surface area contributed by atoms with Gasteiger partial charge in [0.1, 0.15) is 0 Å². The maximum Gasteiger partial charge on any atom is 0.177 e. The van der Waals surface area contributed by atoms with Crippen LogP contribution in [0.1, 0.15) is 10.4 Å². The fourth-order valence-corrected chi connectivity index (χ4v) is 1.92. The second-order valence-electron chi connectivity index (χ2n) is 3.24. The lowest BCUT2D eigenvalue weighted by molar-refractivity contribution is 0.100. The van der Waals surface area contributed by atoms with Crippen LogP contribution < -0.4 is 5.73 Å². The molecule has 0 amide bonds. The third kappa shape index (κ3) is 1.52. The molecule has 2 rings (SSSR count). The fourth-order valence-electron chi connectivity index (χ4n) is 1.60. The Morgan fingerprint density at radius 3 is 3.00 bits per heavy atom. The van der Waals surface area contributed by atoms with Crippen molar-refractivity contribution in [3.05, 3.63) is 28.9 Å². The number of rotatable bonds is 2. The maximum absolute atomic E-state index is 11.6. The van der Waals surface area contributed by atoms with Crippen molar-refractivity contribution in [1.29, 1.82) is 0 Å². The summed E-state index contributed by atoms with van der Waals surface area (Å²) in [6.45, 7) is -0.0235. The Bertz CT molecular complexity index is 533. The van der Waals surface area contributed by atoms with Crippen LogP contribution in [-0.2, 0) is 7.05 Å². The lowest BCUT2D eigenvalue weighted by atomic mass is 10.1. The van der Waals surface area contributed by atoms with Crippen LogP contribution in [0, 0.1) is 0 Å². The normalized spacial score (nSPS) is 10.9. The van der Waals surface area contributed by atoms with Crippen molar-refractivity contribution in [3.8, 4) is 0 Å². The van der Waals surface area contributed by atoms with Crippen LogP contribution in [0.2, 0.25) is 5.15 Å². The highest BCUT2D eigenvalue weighted by atomic mass is 35.5. The molecule has 0 fully saturated rings. The highest BCUT2D eigenvalue weighted by Crippen LogP contribution is 2.25. The van der Waals surface area contributed by atoms with E-state index in [-0.39, 0.29) is 12.3 Å². The molecule has 78 valence electrons. The van der Waals surface area contributed by atoms with E-state index in [1.165, 1.54) is 0 Å². The highest BCUT2D eigenvalue weighted by molar-refractivity contribution is 6.35. The Balaban J connectivity index is 2.80. The summed E-state index contributed by atoms with van der Waals surface area (Å²) < 4.78 is 1.64. The van der Waals surface area contributed by atoms with Gasteiger partial charge < -0.3 is 5.73 Å². The first-order chi connectivity index (χ1) is 7.15. The number of Topliss-reactive ketones (excluding diaryl/α,β-unsaturated/α-hetero) is 1. The van der Waals surface area contributed by atoms with Crippen molar-refractivity contribution in [1.82, 2.24) is 9.78 Å². The Kier molecular flexibility index (Phi) is 2.46. The second-order valence-corrected chi connectivity index (χ2v) is 3.60. The Hall–Kier alpha value is -1.39. The fraction of sp³-hybridized carbons (Fsp3) is 0.200. The monoisotopic (exact) mass is 223 g/mol. The van der Waals surface area contributed by atoms with Crippen LogP contribution in [0.4, 0.5) is 0 Å². The Morgan fingerprint density at radius 1 is 1.60 bits per heavy atom. The molecule has 2 N–H and O–H groups in total. The molecule has 5 heteroatoms. The zero-order valence-electron chi connectivity index (χ0n) is 8.20. The van der Waals surface area contributed by atoms with Crippen molar-refractivity contribution in [3.63, 3.8) is 0 Å². The SMILES string of the molecule is Cn1nc(Cl)c2c(C(=O)CN)cccc21. The summed E-state index contributed by atoms with van der Waals surface area (Å²) in [6.07, 6.45) is 0.